The fourth-order valence-corrected chi connectivity index (χ4v) is 3.56. The van der Waals surface area contributed by atoms with Gasteiger partial charge in [0.05, 0.1) is 39.0 Å². The SMILES string of the molecule is CC=COCCCOc1ccc(COc2ccc(OCc3ccc(OCCCOC=CC)cc3)c(C)c2)cc1. The van der Waals surface area contributed by atoms with Gasteiger partial charge in [0.1, 0.15) is 36.2 Å². The summed E-state index contributed by atoms with van der Waals surface area (Å²) in [7, 11) is 0. The molecule has 0 amide bonds. The van der Waals surface area contributed by atoms with Gasteiger partial charge in [-0.1, -0.05) is 36.4 Å². The van der Waals surface area contributed by atoms with Crippen molar-refractivity contribution in [2.24, 2.45) is 0 Å². The smallest absolute Gasteiger partial charge is 0.122 e. The van der Waals surface area contributed by atoms with Gasteiger partial charge in [-0.3, -0.25) is 0 Å². The number of hydrogen-bond acceptors (Lipinski definition) is 6. The quantitative estimate of drug-likeness (QED) is 0.123. The zero-order valence-electron chi connectivity index (χ0n) is 23.3. The second-order valence-corrected chi connectivity index (χ2v) is 8.88. The van der Waals surface area contributed by atoms with Crippen LogP contribution in [0.4, 0.5) is 0 Å². The lowest BCUT2D eigenvalue weighted by molar-refractivity contribution is 0.208. The molecule has 0 aliphatic heterocycles. The first-order valence-electron chi connectivity index (χ1n) is 13.4. The first-order chi connectivity index (χ1) is 19.2. The van der Waals surface area contributed by atoms with Gasteiger partial charge >= 0.3 is 0 Å². The molecule has 6 nitrogen and oxygen atoms in total. The first-order valence-corrected chi connectivity index (χ1v) is 13.4. The molecule has 39 heavy (non-hydrogen) atoms. The van der Waals surface area contributed by atoms with Crippen molar-refractivity contribution in [2.75, 3.05) is 26.4 Å². The molecule has 0 spiro atoms. The maximum Gasteiger partial charge on any atom is 0.122 e. The Morgan fingerprint density at radius 2 is 1.03 bits per heavy atom. The highest BCUT2D eigenvalue weighted by Gasteiger charge is 2.05. The fraction of sp³-hybridized carbons (Fsp3) is 0.333. The van der Waals surface area contributed by atoms with E-state index in [0.29, 0.717) is 39.6 Å². The summed E-state index contributed by atoms with van der Waals surface area (Å²) in [6.07, 6.45) is 8.80. The van der Waals surface area contributed by atoms with Gasteiger partial charge in [-0.05, 0) is 79.9 Å². The molecule has 0 unspecified atom stereocenters. The van der Waals surface area contributed by atoms with E-state index in [1.54, 1.807) is 12.5 Å². The average molecular weight is 533 g/mol. The van der Waals surface area contributed by atoms with E-state index in [2.05, 4.69) is 0 Å². The zero-order valence-corrected chi connectivity index (χ0v) is 23.3. The molecule has 3 aromatic rings. The Bertz CT molecular complexity index is 1140. The van der Waals surface area contributed by atoms with Gasteiger partial charge in [-0.25, -0.2) is 0 Å². The van der Waals surface area contributed by atoms with E-state index in [1.165, 1.54) is 0 Å². The van der Waals surface area contributed by atoms with Crippen LogP contribution in [0.5, 0.6) is 23.0 Å². The molecule has 0 radical (unpaired) electrons. The molecule has 0 saturated heterocycles. The molecule has 0 aromatic heterocycles. The van der Waals surface area contributed by atoms with Crippen LogP contribution in [0.1, 0.15) is 43.4 Å². The highest BCUT2D eigenvalue weighted by Crippen LogP contribution is 2.25. The predicted molar refractivity (Wildman–Crippen MR) is 154 cm³/mol. The average Bonchev–Trinajstić information content (AvgIpc) is 2.96. The summed E-state index contributed by atoms with van der Waals surface area (Å²) < 4.78 is 34.1. The molecule has 0 aliphatic rings. The molecule has 0 aliphatic carbocycles. The first kappa shape index (κ1) is 29.5. The molecule has 0 heterocycles. The molecule has 0 bridgehead atoms. The van der Waals surface area contributed by atoms with Crippen molar-refractivity contribution in [2.45, 2.75) is 46.8 Å². The van der Waals surface area contributed by atoms with Crippen LogP contribution in [0.2, 0.25) is 0 Å². The van der Waals surface area contributed by atoms with Gasteiger partial charge in [0.2, 0.25) is 0 Å². The Balaban J connectivity index is 1.37. The highest BCUT2D eigenvalue weighted by molar-refractivity contribution is 5.40. The van der Waals surface area contributed by atoms with E-state index in [0.717, 1.165) is 52.5 Å². The Labute approximate surface area is 232 Å². The van der Waals surface area contributed by atoms with E-state index in [-0.39, 0.29) is 0 Å². The van der Waals surface area contributed by atoms with Crippen molar-refractivity contribution >= 4 is 0 Å². The van der Waals surface area contributed by atoms with E-state index < -0.39 is 0 Å². The highest BCUT2D eigenvalue weighted by atomic mass is 16.5. The van der Waals surface area contributed by atoms with Crippen molar-refractivity contribution in [1.29, 1.82) is 0 Å². The Morgan fingerprint density at radius 3 is 1.51 bits per heavy atom. The van der Waals surface area contributed by atoms with Crippen molar-refractivity contribution in [3.8, 4) is 23.0 Å². The number of aryl methyl sites for hydroxylation is 1. The molecule has 0 fully saturated rings. The summed E-state index contributed by atoms with van der Waals surface area (Å²) in [5.41, 5.74) is 3.17. The lowest BCUT2D eigenvalue weighted by Crippen LogP contribution is -2.02. The minimum Gasteiger partial charge on any atom is -0.501 e. The summed E-state index contributed by atoms with van der Waals surface area (Å²) in [6, 6.07) is 21.8. The van der Waals surface area contributed by atoms with Crippen molar-refractivity contribution in [3.63, 3.8) is 0 Å². The normalized spacial score (nSPS) is 11.1. The lowest BCUT2D eigenvalue weighted by Gasteiger charge is -2.13. The largest absolute Gasteiger partial charge is 0.501 e. The molecule has 3 rings (SSSR count). The van der Waals surface area contributed by atoms with Crippen LogP contribution < -0.4 is 18.9 Å². The number of benzene rings is 3. The van der Waals surface area contributed by atoms with Gasteiger partial charge in [0, 0.05) is 12.8 Å². The summed E-state index contributed by atoms with van der Waals surface area (Å²) in [5.74, 6) is 3.32. The van der Waals surface area contributed by atoms with Crippen LogP contribution in [0.3, 0.4) is 0 Å². The van der Waals surface area contributed by atoms with Crippen LogP contribution in [0, 0.1) is 6.92 Å². The lowest BCUT2D eigenvalue weighted by atomic mass is 10.2. The topological polar surface area (TPSA) is 55.4 Å². The zero-order chi connectivity index (χ0) is 27.5. The second kappa shape index (κ2) is 17.4. The summed E-state index contributed by atoms with van der Waals surface area (Å²) in [5, 5.41) is 0. The standard InChI is InChI=1S/C33H40O6/c1-4-18-34-20-6-22-36-30-12-8-28(9-13-30)25-38-32-16-17-33(27(3)24-32)39-26-29-10-14-31(15-11-29)37-23-7-21-35-19-5-2/h4-5,8-19,24H,6-7,20-23,25-26H2,1-3H3. The van der Waals surface area contributed by atoms with Crippen molar-refractivity contribution < 1.29 is 28.4 Å². The van der Waals surface area contributed by atoms with Gasteiger partial charge < -0.3 is 28.4 Å². The van der Waals surface area contributed by atoms with Crippen molar-refractivity contribution in [1.82, 2.24) is 0 Å². The van der Waals surface area contributed by atoms with Gasteiger partial charge in [-0.2, -0.15) is 0 Å². The molecule has 6 heteroatoms. The maximum atomic E-state index is 6.04. The number of rotatable bonds is 18. The van der Waals surface area contributed by atoms with Gasteiger partial charge in [-0.15, -0.1) is 0 Å². The molecule has 0 N–H and O–H groups in total. The van der Waals surface area contributed by atoms with Gasteiger partial charge in [0.25, 0.3) is 0 Å². The molecule has 0 saturated carbocycles. The van der Waals surface area contributed by atoms with Crippen LogP contribution >= 0.6 is 0 Å². The Morgan fingerprint density at radius 1 is 0.538 bits per heavy atom. The van der Waals surface area contributed by atoms with E-state index in [4.69, 9.17) is 28.4 Å². The number of allylic oxidation sites excluding steroid dienone is 2. The van der Waals surface area contributed by atoms with Crippen LogP contribution in [0.25, 0.3) is 0 Å². The van der Waals surface area contributed by atoms with Crippen LogP contribution in [-0.2, 0) is 22.7 Å². The van der Waals surface area contributed by atoms with E-state index in [1.807, 2.05) is 99.7 Å². The van der Waals surface area contributed by atoms with Crippen LogP contribution in [-0.4, -0.2) is 26.4 Å². The third-order valence-electron chi connectivity index (χ3n) is 5.61. The third kappa shape index (κ3) is 11.5. The third-order valence-corrected chi connectivity index (χ3v) is 5.61. The minimum absolute atomic E-state index is 0.481. The van der Waals surface area contributed by atoms with Gasteiger partial charge in [0.15, 0.2) is 0 Å². The molecule has 3 aromatic carbocycles. The Kier molecular flexibility index (Phi) is 13.2. The van der Waals surface area contributed by atoms with E-state index >= 15 is 0 Å². The number of hydrogen-bond donors (Lipinski definition) is 0. The second-order valence-electron chi connectivity index (χ2n) is 8.88. The minimum atomic E-state index is 0.481. The van der Waals surface area contributed by atoms with E-state index in [9.17, 15) is 0 Å². The molecular weight excluding hydrogens is 492 g/mol. The van der Waals surface area contributed by atoms with Crippen molar-refractivity contribution in [3.05, 3.63) is 108 Å². The monoisotopic (exact) mass is 532 g/mol. The number of ether oxygens (including phenoxy) is 6. The Hall–Kier alpha value is -4.06. The summed E-state index contributed by atoms with van der Waals surface area (Å²) in [4.78, 5) is 0. The molecular formula is C33H40O6. The molecule has 0 atom stereocenters. The fourth-order valence-electron chi connectivity index (χ4n) is 3.56. The van der Waals surface area contributed by atoms with Crippen LogP contribution in [0.15, 0.2) is 91.4 Å². The molecule has 208 valence electrons. The summed E-state index contributed by atoms with van der Waals surface area (Å²) >= 11 is 0. The maximum absolute atomic E-state index is 6.04. The summed E-state index contributed by atoms with van der Waals surface area (Å²) in [6.45, 7) is 9.38. The predicted octanol–water partition coefficient (Wildman–Crippen LogP) is 7.79.